The molecule has 4 rings (SSSR count). The molecule has 0 radical (unpaired) electrons. The Morgan fingerprint density at radius 1 is 0.757 bits per heavy atom. The first kappa shape index (κ1) is 27.3. The van der Waals surface area contributed by atoms with Gasteiger partial charge >= 0.3 is 0 Å². The van der Waals surface area contributed by atoms with E-state index in [1.807, 2.05) is 0 Å². The van der Waals surface area contributed by atoms with Gasteiger partial charge in [0.1, 0.15) is 10.0 Å². The maximum atomic E-state index is 12.6. The molecule has 0 saturated carbocycles. The first-order valence-corrected chi connectivity index (χ1v) is 14.8. The van der Waals surface area contributed by atoms with E-state index in [-0.39, 0.29) is 24.7 Å². The van der Waals surface area contributed by atoms with Gasteiger partial charge in [0.25, 0.3) is 11.8 Å². The van der Waals surface area contributed by atoms with Crippen molar-refractivity contribution in [3.8, 4) is 0 Å². The van der Waals surface area contributed by atoms with Gasteiger partial charge < -0.3 is 22.1 Å². The van der Waals surface area contributed by atoms with Crippen molar-refractivity contribution in [2.75, 3.05) is 10.6 Å². The molecule has 0 unspecified atom stereocenters. The molecule has 8 nitrogen and oxygen atoms in total. The number of nitrogens with two attached hydrogens (primary N) is 2. The maximum absolute atomic E-state index is 12.6. The van der Waals surface area contributed by atoms with Crippen LogP contribution in [0.4, 0.5) is 10.0 Å². The highest BCUT2D eigenvalue weighted by Crippen LogP contribution is 2.41. The fourth-order valence-corrected chi connectivity index (χ4v) is 8.26. The average molecular weight is 545 g/mol. The number of anilines is 2. The standard InChI is InChI=1S/C27H36N4O4S2/c1-3-14-8-10-16-18(12-14)36-26(22(16)24(28)34)30-20(32)6-5-7-21(33)31-27-23(25(29)35)17-11-9-15(4-2)13-19(17)37-27/h14-15H,3-13H2,1-2H3,(H2,28,34)(H2,29,35)(H,30,32)(H,31,33)/t14-,15-/m0/s1. The van der Waals surface area contributed by atoms with Gasteiger partial charge in [-0.3, -0.25) is 19.2 Å². The van der Waals surface area contributed by atoms with Gasteiger partial charge in [0.2, 0.25) is 11.8 Å². The zero-order chi connectivity index (χ0) is 26.7. The molecule has 0 bridgehead atoms. The molecule has 2 aliphatic rings. The van der Waals surface area contributed by atoms with Crippen LogP contribution in [-0.4, -0.2) is 23.6 Å². The van der Waals surface area contributed by atoms with Crippen molar-refractivity contribution in [1.29, 1.82) is 0 Å². The quantitative estimate of drug-likeness (QED) is 0.341. The molecule has 0 fully saturated rings. The molecule has 2 aromatic heterocycles. The predicted molar refractivity (Wildman–Crippen MR) is 148 cm³/mol. The molecule has 0 saturated heterocycles. The van der Waals surface area contributed by atoms with E-state index in [0.29, 0.717) is 39.4 Å². The van der Waals surface area contributed by atoms with Crippen LogP contribution in [0.25, 0.3) is 0 Å². The molecule has 2 heterocycles. The Hall–Kier alpha value is -2.72. The number of primary amides is 2. The Labute approximate surface area is 225 Å². The van der Waals surface area contributed by atoms with Crippen molar-refractivity contribution in [1.82, 2.24) is 0 Å². The Balaban J connectivity index is 1.33. The van der Waals surface area contributed by atoms with E-state index in [1.54, 1.807) is 0 Å². The number of carbonyl (C=O) groups excluding carboxylic acids is 4. The van der Waals surface area contributed by atoms with Crippen molar-refractivity contribution in [3.05, 3.63) is 32.0 Å². The maximum Gasteiger partial charge on any atom is 0.251 e. The monoisotopic (exact) mass is 544 g/mol. The molecule has 4 amide bonds. The van der Waals surface area contributed by atoms with Gasteiger partial charge in [-0.15, -0.1) is 22.7 Å². The fraction of sp³-hybridized carbons (Fsp3) is 0.556. The summed E-state index contributed by atoms with van der Waals surface area (Å²) in [5.74, 6) is -0.364. The van der Waals surface area contributed by atoms with Gasteiger partial charge in [0, 0.05) is 22.6 Å². The highest BCUT2D eigenvalue weighted by Gasteiger charge is 2.29. The lowest BCUT2D eigenvalue weighted by Crippen LogP contribution is -2.20. The summed E-state index contributed by atoms with van der Waals surface area (Å²) >= 11 is 2.89. The minimum absolute atomic E-state index is 0.133. The summed E-state index contributed by atoms with van der Waals surface area (Å²) in [7, 11) is 0. The summed E-state index contributed by atoms with van der Waals surface area (Å²) in [6.07, 6.45) is 8.23. The summed E-state index contributed by atoms with van der Waals surface area (Å²) < 4.78 is 0. The fourth-order valence-electron chi connectivity index (χ4n) is 5.49. The molecule has 0 spiro atoms. The third-order valence-electron chi connectivity index (χ3n) is 7.70. The van der Waals surface area contributed by atoms with Crippen LogP contribution >= 0.6 is 22.7 Å². The third-order valence-corrected chi connectivity index (χ3v) is 10.0. The average Bonchev–Trinajstić information content (AvgIpc) is 3.39. The predicted octanol–water partition coefficient (Wildman–Crippen LogP) is 4.78. The van der Waals surface area contributed by atoms with Crippen LogP contribution in [0.5, 0.6) is 0 Å². The molecule has 2 aliphatic carbocycles. The second-order valence-corrected chi connectivity index (χ2v) is 12.3. The number of carbonyl (C=O) groups is 4. The molecule has 2 aromatic rings. The van der Waals surface area contributed by atoms with Gasteiger partial charge in [-0.1, -0.05) is 26.7 Å². The van der Waals surface area contributed by atoms with Crippen LogP contribution < -0.4 is 22.1 Å². The van der Waals surface area contributed by atoms with E-state index in [2.05, 4.69) is 24.5 Å². The van der Waals surface area contributed by atoms with Crippen molar-refractivity contribution in [3.63, 3.8) is 0 Å². The minimum Gasteiger partial charge on any atom is -0.365 e. The minimum atomic E-state index is -0.517. The Kier molecular flexibility index (Phi) is 8.69. The van der Waals surface area contributed by atoms with Gasteiger partial charge in [-0.2, -0.15) is 0 Å². The molecule has 200 valence electrons. The van der Waals surface area contributed by atoms with E-state index in [1.165, 1.54) is 22.7 Å². The second-order valence-electron chi connectivity index (χ2n) is 10.1. The molecular formula is C27H36N4O4S2. The molecule has 10 heteroatoms. The third kappa shape index (κ3) is 6.06. The van der Waals surface area contributed by atoms with Gasteiger partial charge in [-0.25, -0.2) is 0 Å². The van der Waals surface area contributed by atoms with E-state index in [9.17, 15) is 19.2 Å². The van der Waals surface area contributed by atoms with Crippen molar-refractivity contribution < 1.29 is 19.2 Å². The lowest BCUT2D eigenvalue weighted by Gasteiger charge is -2.20. The summed E-state index contributed by atoms with van der Waals surface area (Å²) in [5, 5.41) is 6.76. The van der Waals surface area contributed by atoms with Crippen molar-refractivity contribution in [2.24, 2.45) is 23.3 Å². The largest absolute Gasteiger partial charge is 0.365 e. The van der Waals surface area contributed by atoms with E-state index in [0.717, 1.165) is 72.2 Å². The van der Waals surface area contributed by atoms with Crippen LogP contribution in [0.2, 0.25) is 0 Å². The molecular weight excluding hydrogens is 508 g/mol. The van der Waals surface area contributed by atoms with E-state index >= 15 is 0 Å². The number of amides is 4. The SMILES string of the molecule is CC[C@H]1CCc2c(sc(NC(=O)CCCC(=O)Nc3sc4c(c3C(N)=O)CC[C@H](CC)C4)c2C(N)=O)C1. The lowest BCUT2D eigenvalue weighted by molar-refractivity contribution is -0.117. The number of hydrogen-bond acceptors (Lipinski definition) is 6. The molecule has 0 aromatic carbocycles. The lowest BCUT2D eigenvalue weighted by atomic mass is 9.85. The topological polar surface area (TPSA) is 144 Å². The van der Waals surface area contributed by atoms with Crippen LogP contribution in [0.1, 0.15) is 100 Å². The zero-order valence-corrected chi connectivity index (χ0v) is 23.2. The highest BCUT2D eigenvalue weighted by atomic mass is 32.1. The van der Waals surface area contributed by atoms with Crippen LogP contribution in [0, 0.1) is 11.8 Å². The van der Waals surface area contributed by atoms with Gasteiger partial charge in [-0.05, 0) is 67.9 Å². The summed E-state index contributed by atoms with van der Waals surface area (Å²) in [6, 6.07) is 0. The Morgan fingerprint density at radius 2 is 1.16 bits per heavy atom. The van der Waals surface area contributed by atoms with Gasteiger partial charge in [0.15, 0.2) is 0 Å². The first-order valence-electron chi connectivity index (χ1n) is 13.2. The number of nitrogens with one attached hydrogen (secondary N) is 2. The second kappa shape index (κ2) is 11.8. The summed E-state index contributed by atoms with van der Waals surface area (Å²) in [5.41, 5.74) is 14.1. The van der Waals surface area contributed by atoms with Crippen LogP contribution in [0.3, 0.4) is 0 Å². The normalized spacial score (nSPS) is 18.5. The molecule has 0 aliphatic heterocycles. The van der Waals surface area contributed by atoms with Crippen molar-refractivity contribution >= 4 is 56.3 Å². The highest BCUT2D eigenvalue weighted by molar-refractivity contribution is 7.17. The molecule has 2 atom stereocenters. The first-order chi connectivity index (χ1) is 17.7. The van der Waals surface area contributed by atoms with E-state index in [4.69, 9.17) is 11.5 Å². The summed E-state index contributed by atoms with van der Waals surface area (Å²) in [6.45, 7) is 4.33. The summed E-state index contributed by atoms with van der Waals surface area (Å²) in [4.78, 5) is 51.8. The van der Waals surface area contributed by atoms with Crippen LogP contribution in [-0.2, 0) is 35.3 Å². The molecule has 37 heavy (non-hydrogen) atoms. The van der Waals surface area contributed by atoms with E-state index < -0.39 is 11.8 Å². The Bertz CT molecular complexity index is 1120. The van der Waals surface area contributed by atoms with Gasteiger partial charge in [0.05, 0.1) is 11.1 Å². The zero-order valence-electron chi connectivity index (χ0n) is 21.5. The number of hydrogen-bond donors (Lipinski definition) is 4. The van der Waals surface area contributed by atoms with Crippen molar-refractivity contribution in [2.45, 2.75) is 84.5 Å². The number of thiophene rings is 2. The Morgan fingerprint density at radius 3 is 1.51 bits per heavy atom. The smallest absolute Gasteiger partial charge is 0.251 e. The van der Waals surface area contributed by atoms with Crippen LogP contribution in [0.15, 0.2) is 0 Å². The molecule has 6 N–H and O–H groups in total. The number of rotatable bonds is 10. The number of fused-ring (bicyclic) bond motifs is 2.